The highest BCUT2D eigenvalue weighted by atomic mass is 19.4. The second-order valence-corrected chi connectivity index (χ2v) is 9.04. The molecule has 1 N–H and O–H groups in total. The molecule has 1 aliphatic heterocycles. The number of likely N-dealkylation sites (tertiary alicyclic amines) is 1. The molecule has 1 atom stereocenters. The van der Waals surface area contributed by atoms with Crippen molar-refractivity contribution in [3.8, 4) is 0 Å². The van der Waals surface area contributed by atoms with Crippen LogP contribution in [-0.2, 0) is 13.2 Å². The van der Waals surface area contributed by atoms with E-state index in [1.54, 1.807) is 23.8 Å². The van der Waals surface area contributed by atoms with Crippen molar-refractivity contribution < 1.29 is 13.2 Å². The average Bonchev–Trinajstić information content (AvgIpc) is 2.77. The number of rotatable bonds is 4. The number of alkyl halides is 3. The van der Waals surface area contributed by atoms with Crippen molar-refractivity contribution in [3.63, 3.8) is 0 Å². The second kappa shape index (κ2) is 8.90. The topological polar surface area (TPSA) is 72.2 Å². The first-order valence-electron chi connectivity index (χ1n) is 11.2. The summed E-state index contributed by atoms with van der Waals surface area (Å²) in [6.07, 6.45) is -1.17. The van der Waals surface area contributed by atoms with Gasteiger partial charge in [0.15, 0.2) is 5.82 Å². The van der Waals surface area contributed by atoms with Crippen LogP contribution in [0, 0.1) is 6.92 Å². The Hall–Kier alpha value is -3.14. The van der Waals surface area contributed by atoms with E-state index in [1.165, 1.54) is 26.1 Å². The summed E-state index contributed by atoms with van der Waals surface area (Å²) in [5.74, 6) is 0.336. The maximum Gasteiger partial charge on any atom is 0.416 e. The maximum atomic E-state index is 13.4. The number of hydrogen-bond acceptors (Lipinski definition) is 5. The summed E-state index contributed by atoms with van der Waals surface area (Å²) in [4.78, 5) is 27.8. The maximum absolute atomic E-state index is 13.4. The summed E-state index contributed by atoms with van der Waals surface area (Å²) in [7, 11) is 3.52. The lowest BCUT2D eigenvalue weighted by molar-refractivity contribution is -0.138. The van der Waals surface area contributed by atoms with Gasteiger partial charge in [0.2, 0.25) is 0 Å². The summed E-state index contributed by atoms with van der Waals surface area (Å²) >= 11 is 0. The van der Waals surface area contributed by atoms with Crippen LogP contribution < -0.4 is 16.4 Å². The van der Waals surface area contributed by atoms with E-state index in [0.717, 1.165) is 36.7 Å². The van der Waals surface area contributed by atoms with Crippen LogP contribution in [0.4, 0.5) is 19.0 Å². The molecule has 0 radical (unpaired) electrons. The zero-order valence-corrected chi connectivity index (χ0v) is 19.6. The fourth-order valence-electron chi connectivity index (χ4n) is 4.71. The quantitative estimate of drug-likeness (QED) is 0.621. The van der Waals surface area contributed by atoms with Crippen LogP contribution in [0.1, 0.15) is 48.5 Å². The summed E-state index contributed by atoms with van der Waals surface area (Å²) in [6.45, 7) is 4.91. The van der Waals surface area contributed by atoms with Gasteiger partial charge in [0.05, 0.1) is 17.0 Å². The highest BCUT2D eigenvalue weighted by molar-refractivity contribution is 5.90. The molecule has 34 heavy (non-hydrogen) atoms. The Morgan fingerprint density at radius 1 is 1.12 bits per heavy atom. The van der Waals surface area contributed by atoms with E-state index >= 15 is 0 Å². The normalized spacial score (nSPS) is 16.7. The third-order valence-corrected chi connectivity index (χ3v) is 6.69. The van der Waals surface area contributed by atoms with Gasteiger partial charge in [-0.3, -0.25) is 9.59 Å². The second-order valence-electron chi connectivity index (χ2n) is 9.04. The average molecular weight is 476 g/mol. The van der Waals surface area contributed by atoms with Crippen molar-refractivity contribution in [2.45, 2.75) is 44.9 Å². The Kier molecular flexibility index (Phi) is 6.28. The van der Waals surface area contributed by atoms with Gasteiger partial charge < -0.3 is 14.8 Å². The molecule has 1 saturated heterocycles. The van der Waals surface area contributed by atoms with Crippen molar-refractivity contribution in [2.75, 3.05) is 25.5 Å². The summed E-state index contributed by atoms with van der Waals surface area (Å²) in [5.41, 5.74) is -0.739. The molecule has 0 amide bonds. The Bertz CT molecular complexity index is 1340. The molecule has 1 fully saturated rings. The molecule has 10 heteroatoms. The van der Waals surface area contributed by atoms with Crippen molar-refractivity contribution in [1.82, 2.24) is 19.2 Å². The van der Waals surface area contributed by atoms with E-state index in [-0.39, 0.29) is 22.6 Å². The zero-order valence-electron chi connectivity index (χ0n) is 19.6. The molecule has 0 saturated carbocycles. The highest BCUT2D eigenvalue weighted by Crippen LogP contribution is 2.35. The van der Waals surface area contributed by atoms with Gasteiger partial charge in [-0.2, -0.15) is 18.3 Å². The summed E-state index contributed by atoms with van der Waals surface area (Å²) in [6, 6.07) is 4.90. The van der Waals surface area contributed by atoms with E-state index < -0.39 is 23.3 Å². The number of anilines is 1. The van der Waals surface area contributed by atoms with Gasteiger partial charge in [-0.15, -0.1) is 0 Å². The molecule has 1 aromatic carbocycles. The van der Waals surface area contributed by atoms with Gasteiger partial charge >= 0.3 is 6.18 Å². The van der Waals surface area contributed by atoms with E-state index in [9.17, 15) is 22.8 Å². The lowest BCUT2D eigenvalue weighted by Gasteiger charge is -2.30. The minimum Gasteiger partial charge on any atom is -0.362 e. The van der Waals surface area contributed by atoms with Gasteiger partial charge in [0, 0.05) is 30.7 Å². The van der Waals surface area contributed by atoms with E-state index in [2.05, 4.69) is 15.3 Å². The predicted molar refractivity (Wildman–Crippen MR) is 125 cm³/mol. The first-order valence-corrected chi connectivity index (χ1v) is 11.2. The SMILES string of the molecule is Cc1c([C@@H](C)Nc2nn(C)c(=O)c3cc(=O)n(C4CCN(C)CC4)cc23)cccc1C(F)(F)F. The monoisotopic (exact) mass is 475 g/mol. The Morgan fingerprint density at radius 3 is 2.44 bits per heavy atom. The minimum atomic E-state index is -4.45. The van der Waals surface area contributed by atoms with Crippen molar-refractivity contribution in [2.24, 2.45) is 7.05 Å². The fourth-order valence-corrected chi connectivity index (χ4v) is 4.71. The number of benzene rings is 1. The fraction of sp³-hybridized carbons (Fsp3) is 0.458. The lowest BCUT2D eigenvalue weighted by Crippen LogP contribution is -2.35. The smallest absolute Gasteiger partial charge is 0.362 e. The molecule has 0 bridgehead atoms. The van der Waals surface area contributed by atoms with E-state index in [0.29, 0.717) is 16.8 Å². The molecule has 4 rings (SSSR count). The molecule has 0 spiro atoms. The van der Waals surface area contributed by atoms with Crippen LogP contribution in [0.3, 0.4) is 0 Å². The number of piperidine rings is 1. The van der Waals surface area contributed by atoms with E-state index in [4.69, 9.17) is 0 Å². The minimum absolute atomic E-state index is 0.00754. The van der Waals surface area contributed by atoms with Gasteiger partial charge in [0.25, 0.3) is 11.1 Å². The first-order chi connectivity index (χ1) is 16.0. The largest absolute Gasteiger partial charge is 0.416 e. The molecule has 0 unspecified atom stereocenters. The third-order valence-electron chi connectivity index (χ3n) is 6.69. The molecular weight excluding hydrogens is 447 g/mol. The molecule has 2 aromatic heterocycles. The molecule has 182 valence electrons. The molecular formula is C24H28F3N5O2. The molecule has 7 nitrogen and oxygen atoms in total. The van der Waals surface area contributed by atoms with Crippen molar-refractivity contribution in [3.05, 3.63) is 67.9 Å². The van der Waals surface area contributed by atoms with Crippen molar-refractivity contribution in [1.29, 1.82) is 0 Å². The van der Waals surface area contributed by atoms with E-state index in [1.807, 2.05) is 7.05 Å². The first kappa shape index (κ1) is 24.0. The highest BCUT2D eigenvalue weighted by Gasteiger charge is 2.33. The molecule has 3 aromatic rings. The van der Waals surface area contributed by atoms with Crippen LogP contribution in [0.25, 0.3) is 10.8 Å². The van der Waals surface area contributed by atoms with Gasteiger partial charge in [0.1, 0.15) is 0 Å². The number of aromatic nitrogens is 3. The number of halogens is 3. The van der Waals surface area contributed by atoms with Gasteiger partial charge in [-0.25, -0.2) is 4.68 Å². The van der Waals surface area contributed by atoms with Crippen molar-refractivity contribution >= 4 is 16.6 Å². The van der Waals surface area contributed by atoms with Gasteiger partial charge in [-0.05, 0) is 64.0 Å². The van der Waals surface area contributed by atoms with Crippen LogP contribution in [0.15, 0.2) is 40.1 Å². The number of pyridine rings is 1. The summed E-state index contributed by atoms with van der Waals surface area (Å²) < 4.78 is 43.0. The Morgan fingerprint density at radius 2 is 1.79 bits per heavy atom. The van der Waals surface area contributed by atoms with Crippen LogP contribution in [0.5, 0.6) is 0 Å². The number of fused-ring (bicyclic) bond motifs is 1. The Balaban J connectivity index is 1.78. The number of nitrogens with zero attached hydrogens (tertiary/aromatic N) is 4. The number of hydrogen-bond donors (Lipinski definition) is 1. The third kappa shape index (κ3) is 4.46. The van der Waals surface area contributed by atoms with Crippen LogP contribution in [-0.4, -0.2) is 39.4 Å². The van der Waals surface area contributed by atoms with Gasteiger partial charge in [-0.1, -0.05) is 12.1 Å². The van der Waals surface area contributed by atoms with Crippen LogP contribution in [0.2, 0.25) is 0 Å². The molecule has 1 aliphatic rings. The molecule has 0 aliphatic carbocycles. The van der Waals surface area contributed by atoms with Crippen LogP contribution >= 0.6 is 0 Å². The lowest BCUT2D eigenvalue weighted by atomic mass is 9.97. The number of aryl methyl sites for hydroxylation is 1. The summed E-state index contributed by atoms with van der Waals surface area (Å²) in [5, 5.41) is 8.22. The predicted octanol–water partition coefficient (Wildman–Crippen LogP) is 3.86. The zero-order chi connectivity index (χ0) is 24.8. The standard InChI is InChI=1S/C24H28F3N5O2/c1-14-17(6-5-7-20(14)24(25,26)27)15(2)28-22-19-13-32(16-8-10-30(3)11-9-16)21(33)12-18(19)23(34)31(4)29-22/h5-7,12-13,15-16H,8-11H2,1-4H3,(H,28,29)/t15-/m1/s1. The molecule has 3 heterocycles. The Labute approximate surface area is 194 Å². The number of nitrogens with one attached hydrogen (secondary N) is 1.